The minimum atomic E-state index is -1.07. The van der Waals surface area contributed by atoms with Gasteiger partial charge in [-0.25, -0.2) is 8.78 Å². The van der Waals surface area contributed by atoms with E-state index in [4.69, 9.17) is 4.74 Å². The van der Waals surface area contributed by atoms with Crippen LogP contribution in [0.5, 0.6) is 0 Å². The molecule has 0 amide bonds. The number of pyridine rings is 1. The highest BCUT2D eigenvalue weighted by Crippen LogP contribution is 2.45. The number of hydrogen-bond donors (Lipinski definition) is 0. The Kier molecular flexibility index (Phi) is 4.18. The van der Waals surface area contributed by atoms with Crippen LogP contribution in [0.15, 0.2) is 42.7 Å². The number of methoxy groups -OCH3 is 1. The molecular formula is C19H17F2NO2. The van der Waals surface area contributed by atoms with Crippen molar-refractivity contribution in [2.75, 3.05) is 7.11 Å². The molecule has 0 radical (unpaired) electrons. The standard InChI is InChI=1S/C19H17F2NO2/c1-12-16(4-3-5-17(12)21)19(18(23)24-2)7-6-13(9-19)14-8-15(20)11-22-10-14/h3-5,8-11H,6-7H2,1-2H3/t19-/m0/s1. The van der Waals surface area contributed by atoms with Crippen molar-refractivity contribution in [1.82, 2.24) is 4.98 Å². The molecule has 0 saturated heterocycles. The van der Waals surface area contributed by atoms with Crippen molar-refractivity contribution in [2.24, 2.45) is 0 Å². The average molecular weight is 329 g/mol. The molecular weight excluding hydrogens is 312 g/mol. The Hall–Kier alpha value is -2.56. The van der Waals surface area contributed by atoms with Crippen molar-refractivity contribution in [3.63, 3.8) is 0 Å². The van der Waals surface area contributed by atoms with E-state index < -0.39 is 17.2 Å². The lowest BCUT2D eigenvalue weighted by atomic mass is 9.77. The maximum Gasteiger partial charge on any atom is 0.320 e. The summed E-state index contributed by atoms with van der Waals surface area (Å²) in [6.07, 6.45) is 5.44. The van der Waals surface area contributed by atoms with Crippen LogP contribution in [0.1, 0.15) is 29.5 Å². The number of carbonyl (C=O) groups is 1. The summed E-state index contributed by atoms with van der Waals surface area (Å²) in [4.78, 5) is 16.4. The minimum absolute atomic E-state index is 0.370. The third kappa shape index (κ3) is 2.60. The van der Waals surface area contributed by atoms with E-state index in [1.54, 1.807) is 31.3 Å². The van der Waals surface area contributed by atoms with E-state index in [1.165, 1.54) is 19.2 Å². The molecule has 1 aliphatic rings. The molecule has 1 aromatic heterocycles. The summed E-state index contributed by atoms with van der Waals surface area (Å²) < 4.78 is 32.5. The Morgan fingerprint density at radius 2 is 2.08 bits per heavy atom. The van der Waals surface area contributed by atoms with Gasteiger partial charge in [-0.1, -0.05) is 18.2 Å². The molecule has 1 aromatic carbocycles. The van der Waals surface area contributed by atoms with Crippen LogP contribution in [0.3, 0.4) is 0 Å². The molecule has 1 aliphatic carbocycles. The number of nitrogens with zero attached hydrogens (tertiary/aromatic N) is 1. The Balaban J connectivity index is 2.15. The van der Waals surface area contributed by atoms with Gasteiger partial charge in [0, 0.05) is 6.20 Å². The zero-order valence-electron chi connectivity index (χ0n) is 13.5. The first kappa shape index (κ1) is 16.3. The van der Waals surface area contributed by atoms with Crippen LogP contribution in [0, 0.1) is 18.6 Å². The van der Waals surface area contributed by atoms with Crippen LogP contribution < -0.4 is 0 Å². The van der Waals surface area contributed by atoms with Crippen molar-refractivity contribution in [1.29, 1.82) is 0 Å². The van der Waals surface area contributed by atoms with Gasteiger partial charge in [0.25, 0.3) is 0 Å². The number of rotatable bonds is 3. The van der Waals surface area contributed by atoms with Gasteiger partial charge in [-0.3, -0.25) is 9.78 Å². The van der Waals surface area contributed by atoms with E-state index in [0.717, 1.165) is 11.8 Å². The average Bonchev–Trinajstić information content (AvgIpc) is 3.03. The van der Waals surface area contributed by atoms with E-state index in [0.29, 0.717) is 29.5 Å². The maximum absolute atomic E-state index is 14.0. The fourth-order valence-electron chi connectivity index (χ4n) is 3.34. The highest BCUT2D eigenvalue weighted by Gasteiger charge is 2.44. The van der Waals surface area contributed by atoms with Crippen LogP contribution in [0.25, 0.3) is 5.57 Å². The number of hydrogen-bond acceptors (Lipinski definition) is 3. The van der Waals surface area contributed by atoms with Crippen LogP contribution in [0.2, 0.25) is 0 Å². The molecule has 0 saturated carbocycles. The van der Waals surface area contributed by atoms with Crippen LogP contribution in [-0.4, -0.2) is 18.1 Å². The zero-order valence-corrected chi connectivity index (χ0v) is 13.5. The van der Waals surface area contributed by atoms with E-state index >= 15 is 0 Å². The molecule has 1 atom stereocenters. The Labute approximate surface area is 139 Å². The number of esters is 1. The Morgan fingerprint density at radius 3 is 2.79 bits per heavy atom. The molecule has 0 aliphatic heterocycles. The molecule has 24 heavy (non-hydrogen) atoms. The second kappa shape index (κ2) is 6.15. The first-order valence-electron chi connectivity index (χ1n) is 7.64. The molecule has 0 N–H and O–H groups in total. The highest BCUT2D eigenvalue weighted by atomic mass is 19.1. The summed E-state index contributed by atoms with van der Waals surface area (Å²) in [6.45, 7) is 1.64. The smallest absolute Gasteiger partial charge is 0.320 e. The normalized spacial score (nSPS) is 19.9. The second-order valence-corrected chi connectivity index (χ2v) is 5.94. The number of benzene rings is 1. The van der Waals surface area contributed by atoms with Gasteiger partial charge >= 0.3 is 5.97 Å². The number of carbonyl (C=O) groups excluding carboxylic acids is 1. The highest BCUT2D eigenvalue weighted by molar-refractivity contribution is 5.91. The van der Waals surface area contributed by atoms with Gasteiger partial charge < -0.3 is 4.74 Å². The monoisotopic (exact) mass is 329 g/mol. The van der Waals surface area contributed by atoms with Crippen LogP contribution in [0.4, 0.5) is 8.78 Å². The number of ether oxygens (including phenoxy) is 1. The maximum atomic E-state index is 14.0. The van der Waals surface area contributed by atoms with Crippen LogP contribution >= 0.6 is 0 Å². The van der Waals surface area contributed by atoms with Gasteiger partial charge in [-0.2, -0.15) is 0 Å². The molecule has 3 nitrogen and oxygen atoms in total. The van der Waals surface area contributed by atoms with Crippen molar-refractivity contribution < 1.29 is 18.3 Å². The van der Waals surface area contributed by atoms with E-state index in [1.807, 2.05) is 0 Å². The lowest BCUT2D eigenvalue weighted by Crippen LogP contribution is -2.34. The molecule has 124 valence electrons. The molecule has 0 unspecified atom stereocenters. The fourth-order valence-corrected chi connectivity index (χ4v) is 3.34. The lowest BCUT2D eigenvalue weighted by molar-refractivity contribution is -0.145. The number of allylic oxidation sites excluding steroid dienone is 1. The summed E-state index contributed by atoms with van der Waals surface area (Å²) in [6, 6.07) is 6.06. The summed E-state index contributed by atoms with van der Waals surface area (Å²) in [5, 5.41) is 0. The van der Waals surface area contributed by atoms with Gasteiger partial charge in [-0.05, 0) is 54.2 Å². The van der Waals surface area contributed by atoms with Crippen molar-refractivity contribution in [3.05, 3.63) is 71.1 Å². The predicted octanol–water partition coefficient (Wildman–Crippen LogP) is 3.96. The molecule has 0 bridgehead atoms. The third-order valence-corrected chi connectivity index (χ3v) is 4.58. The zero-order chi connectivity index (χ0) is 17.3. The van der Waals surface area contributed by atoms with E-state index in [9.17, 15) is 13.6 Å². The quantitative estimate of drug-likeness (QED) is 0.800. The minimum Gasteiger partial charge on any atom is -0.468 e. The van der Waals surface area contributed by atoms with Gasteiger partial charge in [0.15, 0.2) is 0 Å². The first-order valence-corrected chi connectivity index (χ1v) is 7.64. The van der Waals surface area contributed by atoms with Gasteiger partial charge in [0.2, 0.25) is 0 Å². The van der Waals surface area contributed by atoms with Gasteiger partial charge in [0.05, 0.1) is 13.3 Å². The molecule has 0 spiro atoms. The largest absolute Gasteiger partial charge is 0.468 e. The molecule has 2 aromatic rings. The predicted molar refractivity (Wildman–Crippen MR) is 86.2 cm³/mol. The number of aromatic nitrogens is 1. The summed E-state index contributed by atoms with van der Waals surface area (Å²) in [5.41, 5.74) is 1.35. The topological polar surface area (TPSA) is 39.2 Å². The summed E-state index contributed by atoms with van der Waals surface area (Å²) in [5.74, 6) is -1.26. The SMILES string of the molecule is COC(=O)[C@]1(c2cccc(F)c2C)C=C(c2cncc(F)c2)CC1. The van der Waals surface area contributed by atoms with Crippen molar-refractivity contribution in [3.8, 4) is 0 Å². The molecule has 1 heterocycles. The van der Waals surface area contributed by atoms with Gasteiger partial charge in [0.1, 0.15) is 17.0 Å². The van der Waals surface area contributed by atoms with Crippen molar-refractivity contribution >= 4 is 11.5 Å². The van der Waals surface area contributed by atoms with Gasteiger partial charge in [-0.15, -0.1) is 0 Å². The number of halogens is 2. The third-order valence-electron chi connectivity index (χ3n) is 4.58. The Bertz CT molecular complexity index is 832. The molecule has 5 heteroatoms. The van der Waals surface area contributed by atoms with E-state index in [-0.39, 0.29) is 5.82 Å². The fraction of sp³-hybridized carbons (Fsp3) is 0.263. The molecule has 0 fully saturated rings. The first-order chi connectivity index (χ1) is 11.5. The lowest BCUT2D eigenvalue weighted by Gasteiger charge is -2.26. The Morgan fingerprint density at radius 1 is 1.29 bits per heavy atom. The summed E-state index contributed by atoms with van der Waals surface area (Å²) >= 11 is 0. The summed E-state index contributed by atoms with van der Waals surface area (Å²) in [7, 11) is 1.31. The second-order valence-electron chi connectivity index (χ2n) is 5.94. The van der Waals surface area contributed by atoms with E-state index in [2.05, 4.69) is 4.98 Å². The van der Waals surface area contributed by atoms with Crippen LogP contribution in [-0.2, 0) is 14.9 Å². The molecule has 3 rings (SSSR count). The van der Waals surface area contributed by atoms with Crippen molar-refractivity contribution in [2.45, 2.75) is 25.2 Å².